The standard InChI is InChI=1S/C32H48N6O6/c1-6-28-33-29(44-34-28)17-18-30(40)35(3)19-10-9-15-26-32(42)36(4)20-11-12-21-38(24(2)39)22-13-23-43-27-16-8-7-14-25(27)31(41)37(26)5/h7-8,14,16,26H,6,9-13,15,17-23H2,1-5H3/t26-/m0/s1. The first kappa shape index (κ1) is 34.5. The summed E-state index contributed by atoms with van der Waals surface area (Å²) in [7, 11) is 5.19. The molecule has 1 aliphatic heterocycles. The van der Waals surface area contributed by atoms with Crippen molar-refractivity contribution in [2.45, 2.75) is 77.7 Å². The SMILES string of the molecule is CCc1noc(CCC(=O)N(C)CCCC[C@H]2C(=O)N(C)CCCCN(C(C)=O)CCCOc3ccccc3C(=O)N2C)n1. The lowest BCUT2D eigenvalue weighted by Crippen LogP contribution is -2.48. The Labute approximate surface area is 260 Å². The minimum absolute atomic E-state index is 0.0116. The van der Waals surface area contributed by atoms with E-state index in [9.17, 15) is 19.2 Å². The van der Waals surface area contributed by atoms with Crippen molar-refractivity contribution in [1.82, 2.24) is 29.7 Å². The summed E-state index contributed by atoms with van der Waals surface area (Å²) in [5.74, 6) is 1.11. The van der Waals surface area contributed by atoms with E-state index in [1.54, 1.807) is 61.0 Å². The predicted octanol–water partition coefficient (Wildman–Crippen LogP) is 3.20. The van der Waals surface area contributed by atoms with E-state index in [0.717, 1.165) is 12.8 Å². The fraction of sp³-hybridized carbons (Fsp3) is 0.625. The van der Waals surface area contributed by atoms with Crippen LogP contribution in [0, 0.1) is 0 Å². The number of rotatable bonds is 9. The van der Waals surface area contributed by atoms with Gasteiger partial charge in [0.25, 0.3) is 5.91 Å². The van der Waals surface area contributed by atoms with Crippen LogP contribution in [0.25, 0.3) is 0 Å². The maximum absolute atomic E-state index is 13.7. The van der Waals surface area contributed by atoms with Crippen LogP contribution >= 0.6 is 0 Å². The first-order valence-corrected chi connectivity index (χ1v) is 15.7. The van der Waals surface area contributed by atoms with Crippen molar-refractivity contribution in [3.63, 3.8) is 0 Å². The summed E-state index contributed by atoms with van der Waals surface area (Å²) in [6.07, 6.45) is 5.29. The summed E-state index contributed by atoms with van der Waals surface area (Å²) in [5.41, 5.74) is 0.392. The summed E-state index contributed by atoms with van der Waals surface area (Å²) in [6.45, 7) is 6.12. The van der Waals surface area contributed by atoms with Crippen LogP contribution in [0.4, 0.5) is 0 Å². The number of hydrogen-bond acceptors (Lipinski definition) is 8. The van der Waals surface area contributed by atoms with E-state index >= 15 is 0 Å². The topological polar surface area (TPSA) is 129 Å². The number of para-hydroxylation sites is 1. The van der Waals surface area contributed by atoms with Gasteiger partial charge in [0.05, 0.1) is 12.2 Å². The quantitative estimate of drug-likeness (QED) is 0.395. The number of likely N-dealkylation sites (N-methyl/N-ethyl adjacent to an activating group) is 2. The Kier molecular flexibility index (Phi) is 13.6. The molecule has 0 N–H and O–H groups in total. The second kappa shape index (κ2) is 17.4. The van der Waals surface area contributed by atoms with Gasteiger partial charge < -0.3 is 28.9 Å². The van der Waals surface area contributed by atoms with Crippen LogP contribution < -0.4 is 4.74 Å². The highest BCUT2D eigenvalue weighted by atomic mass is 16.5. The van der Waals surface area contributed by atoms with Gasteiger partial charge in [0.15, 0.2) is 5.82 Å². The zero-order valence-corrected chi connectivity index (χ0v) is 26.9. The number of aryl methyl sites for hydroxylation is 2. The first-order chi connectivity index (χ1) is 21.1. The zero-order valence-electron chi connectivity index (χ0n) is 26.9. The lowest BCUT2D eigenvalue weighted by Gasteiger charge is -2.32. The second-order valence-corrected chi connectivity index (χ2v) is 11.4. The van der Waals surface area contributed by atoms with Crippen molar-refractivity contribution in [2.24, 2.45) is 0 Å². The number of unbranched alkanes of at least 4 members (excludes halogenated alkanes) is 1. The minimum Gasteiger partial charge on any atom is -0.493 e. The van der Waals surface area contributed by atoms with Crippen molar-refractivity contribution < 1.29 is 28.4 Å². The molecule has 1 aliphatic rings. The molecule has 44 heavy (non-hydrogen) atoms. The summed E-state index contributed by atoms with van der Waals surface area (Å²) in [6, 6.07) is 6.38. The summed E-state index contributed by atoms with van der Waals surface area (Å²) >= 11 is 0. The Morgan fingerprint density at radius 2 is 1.77 bits per heavy atom. The van der Waals surface area contributed by atoms with Gasteiger partial charge in [0, 0.05) is 73.5 Å². The summed E-state index contributed by atoms with van der Waals surface area (Å²) in [5, 5.41) is 3.87. The molecule has 0 radical (unpaired) electrons. The van der Waals surface area contributed by atoms with Gasteiger partial charge in [-0.1, -0.05) is 24.2 Å². The number of ether oxygens (including phenoxy) is 1. The Morgan fingerprint density at radius 3 is 2.50 bits per heavy atom. The van der Waals surface area contributed by atoms with Gasteiger partial charge in [-0.15, -0.1) is 0 Å². The van der Waals surface area contributed by atoms with E-state index in [1.807, 2.05) is 13.0 Å². The number of carbonyl (C=O) groups excluding carboxylic acids is 4. The molecule has 0 spiro atoms. The van der Waals surface area contributed by atoms with E-state index in [0.29, 0.717) is 94.3 Å². The molecule has 0 saturated carbocycles. The molecular weight excluding hydrogens is 564 g/mol. The lowest BCUT2D eigenvalue weighted by molar-refractivity contribution is -0.135. The molecular formula is C32H48N6O6. The number of benzene rings is 1. The van der Waals surface area contributed by atoms with Gasteiger partial charge in [-0.2, -0.15) is 4.98 Å². The Morgan fingerprint density at radius 1 is 1.05 bits per heavy atom. The summed E-state index contributed by atoms with van der Waals surface area (Å²) < 4.78 is 11.2. The highest BCUT2D eigenvalue weighted by Gasteiger charge is 2.31. The molecule has 0 bridgehead atoms. The van der Waals surface area contributed by atoms with Crippen molar-refractivity contribution in [3.8, 4) is 5.75 Å². The zero-order chi connectivity index (χ0) is 32.1. The number of aromatic nitrogens is 2. The average molecular weight is 613 g/mol. The monoisotopic (exact) mass is 612 g/mol. The molecule has 2 aromatic rings. The number of carbonyl (C=O) groups is 4. The molecule has 4 amide bonds. The normalized spacial score (nSPS) is 17.3. The lowest BCUT2D eigenvalue weighted by atomic mass is 10.0. The third-order valence-electron chi connectivity index (χ3n) is 8.04. The predicted molar refractivity (Wildman–Crippen MR) is 165 cm³/mol. The van der Waals surface area contributed by atoms with Crippen molar-refractivity contribution in [3.05, 3.63) is 41.5 Å². The van der Waals surface area contributed by atoms with Crippen LogP contribution in [0.15, 0.2) is 28.8 Å². The van der Waals surface area contributed by atoms with Crippen LogP contribution in [0.2, 0.25) is 0 Å². The van der Waals surface area contributed by atoms with Crippen LogP contribution in [-0.4, -0.2) is 113 Å². The van der Waals surface area contributed by atoms with Crippen molar-refractivity contribution >= 4 is 23.6 Å². The smallest absolute Gasteiger partial charge is 0.258 e. The van der Waals surface area contributed by atoms with Gasteiger partial charge in [-0.3, -0.25) is 19.2 Å². The molecule has 3 rings (SSSR count). The van der Waals surface area contributed by atoms with Gasteiger partial charge in [0.1, 0.15) is 11.8 Å². The van der Waals surface area contributed by atoms with E-state index in [1.165, 1.54) is 4.90 Å². The van der Waals surface area contributed by atoms with Crippen LogP contribution in [0.1, 0.15) is 80.9 Å². The maximum atomic E-state index is 13.7. The van der Waals surface area contributed by atoms with Gasteiger partial charge >= 0.3 is 0 Å². The molecule has 0 unspecified atom stereocenters. The van der Waals surface area contributed by atoms with Crippen molar-refractivity contribution in [2.75, 3.05) is 53.9 Å². The molecule has 242 valence electrons. The Hall–Kier alpha value is -3.96. The van der Waals surface area contributed by atoms with E-state index in [4.69, 9.17) is 9.26 Å². The number of nitrogens with zero attached hydrogens (tertiary/aromatic N) is 6. The third-order valence-corrected chi connectivity index (χ3v) is 8.04. The molecule has 1 atom stereocenters. The highest BCUT2D eigenvalue weighted by Crippen LogP contribution is 2.23. The molecule has 1 aromatic carbocycles. The van der Waals surface area contributed by atoms with Gasteiger partial charge in [0.2, 0.25) is 23.6 Å². The molecule has 0 saturated heterocycles. The van der Waals surface area contributed by atoms with E-state index in [-0.39, 0.29) is 30.0 Å². The number of hydrogen-bond donors (Lipinski definition) is 0. The maximum Gasteiger partial charge on any atom is 0.258 e. The molecule has 0 fully saturated rings. The van der Waals surface area contributed by atoms with Crippen LogP contribution in [0.3, 0.4) is 0 Å². The van der Waals surface area contributed by atoms with Crippen LogP contribution in [0.5, 0.6) is 5.75 Å². The number of fused-ring (bicyclic) bond motifs is 1. The van der Waals surface area contributed by atoms with E-state index < -0.39 is 6.04 Å². The second-order valence-electron chi connectivity index (χ2n) is 11.4. The van der Waals surface area contributed by atoms with E-state index in [2.05, 4.69) is 10.1 Å². The third kappa shape index (κ3) is 10.1. The average Bonchev–Trinajstić information content (AvgIpc) is 3.49. The molecule has 2 heterocycles. The molecule has 12 heteroatoms. The molecule has 12 nitrogen and oxygen atoms in total. The highest BCUT2D eigenvalue weighted by molar-refractivity contribution is 5.99. The molecule has 0 aliphatic carbocycles. The fourth-order valence-electron chi connectivity index (χ4n) is 5.22. The van der Waals surface area contributed by atoms with Gasteiger partial charge in [-0.25, -0.2) is 0 Å². The molecule has 1 aromatic heterocycles. The van der Waals surface area contributed by atoms with Crippen molar-refractivity contribution in [1.29, 1.82) is 0 Å². The van der Waals surface area contributed by atoms with Gasteiger partial charge in [-0.05, 0) is 50.7 Å². The first-order valence-electron chi connectivity index (χ1n) is 15.7. The Balaban J connectivity index is 1.65. The van der Waals surface area contributed by atoms with Crippen LogP contribution in [-0.2, 0) is 27.2 Å². The minimum atomic E-state index is -0.673. The summed E-state index contributed by atoms with van der Waals surface area (Å²) in [4.78, 5) is 63.2. The Bertz CT molecular complexity index is 1250. The fourth-order valence-corrected chi connectivity index (χ4v) is 5.22. The largest absolute Gasteiger partial charge is 0.493 e. The number of amides is 4.